The maximum Gasteiger partial charge on any atom is 0.115 e. The van der Waals surface area contributed by atoms with Gasteiger partial charge in [-0.3, -0.25) is 0 Å². The Morgan fingerprint density at radius 2 is 1.09 bits per heavy atom. The Kier molecular flexibility index (Phi) is 6.09. The molecule has 0 aromatic heterocycles. The summed E-state index contributed by atoms with van der Waals surface area (Å²) in [6.45, 7) is 7.87. The number of rotatable bonds is 7. The van der Waals surface area contributed by atoms with Gasteiger partial charge >= 0.3 is 0 Å². The van der Waals surface area contributed by atoms with E-state index in [9.17, 15) is 5.11 Å². The SMILES string of the molecule is C=Cc1ccc(N(c2ccccc2)c2ccc(N(C)c3ccc(O)cc3)cc2)cc1C=C. The van der Waals surface area contributed by atoms with Crippen LogP contribution in [-0.2, 0) is 0 Å². The Bertz CT molecular complexity index is 1210. The van der Waals surface area contributed by atoms with Crippen molar-refractivity contribution in [3.05, 3.63) is 121 Å². The molecule has 0 bridgehead atoms. The van der Waals surface area contributed by atoms with E-state index in [1.54, 1.807) is 12.1 Å². The number of hydrogen-bond donors (Lipinski definition) is 1. The van der Waals surface area contributed by atoms with Crippen LogP contribution in [0.15, 0.2) is 110 Å². The Hall–Kier alpha value is -4.24. The summed E-state index contributed by atoms with van der Waals surface area (Å²) in [6.07, 6.45) is 3.71. The van der Waals surface area contributed by atoms with E-state index in [-0.39, 0.29) is 5.75 Å². The largest absolute Gasteiger partial charge is 0.508 e. The zero-order chi connectivity index (χ0) is 22.5. The molecule has 4 aromatic carbocycles. The minimum Gasteiger partial charge on any atom is -0.508 e. The van der Waals surface area contributed by atoms with Crippen LogP contribution in [-0.4, -0.2) is 12.2 Å². The fourth-order valence-corrected chi connectivity index (χ4v) is 3.74. The number of aromatic hydroxyl groups is 1. The van der Waals surface area contributed by atoms with Crippen LogP contribution in [0.5, 0.6) is 5.75 Å². The van der Waals surface area contributed by atoms with Crippen molar-refractivity contribution in [3.8, 4) is 5.75 Å². The lowest BCUT2D eigenvalue weighted by atomic mass is 10.0. The van der Waals surface area contributed by atoms with Gasteiger partial charge in [0, 0.05) is 35.5 Å². The van der Waals surface area contributed by atoms with Crippen LogP contribution in [0.2, 0.25) is 0 Å². The van der Waals surface area contributed by atoms with E-state index in [1.807, 2.05) is 49.5 Å². The number of hydrogen-bond acceptors (Lipinski definition) is 3. The lowest BCUT2D eigenvalue weighted by molar-refractivity contribution is 0.475. The molecular formula is C29H26N2O. The van der Waals surface area contributed by atoms with Crippen LogP contribution < -0.4 is 9.80 Å². The van der Waals surface area contributed by atoms with Crippen molar-refractivity contribution < 1.29 is 5.11 Å². The van der Waals surface area contributed by atoms with E-state index in [1.165, 1.54) is 0 Å². The monoisotopic (exact) mass is 418 g/mol. The predicted octanol–water partition coefficient (Wildman–Crippen LogP) is 7.92. The van der Waals surface area contributed by atoms with Gasteiger partial charge in [0.1, 0.15) is 5.75 Å². The van der Waals surface area contributed by atoms with Gasteiger partial charge in [-0.2, -0.15) is 0 Å². The highest BCUT2D eigenvalue weighted by Crippen LogP contribution is 2.37. The Balaban J connectivity index is 1.73. The molecule has 0 aliphatic rings. The molecule has 0 radical (unpaired) electrons. The average molecular weight is 419 g/mol. The Labute approximate surface area is 189 Å². The molecule has 158 valence electrons. The molecule has 0 heterocycles. The van der Waals surface area contributed by atoms with Crippen molar-refractivity contribution in [1.82, 2.24) is 0 Å². The summed E-state index contributed by atoms with van der Waals surface area (Å²) in [6, 6.07) is 32.3. The lowest BCUT2D eigenvalue weighted by Crippen LogP contribution is -2.12. The molecule has 32 heavy (non-hydrogen) atoms. The number of para-hydroxylation sites is 1. The van der Waals surface area contributed by atoms with Crippen LogP contribution >= 0.6 is 0 Å². The third-order valence-corrected chi connectivity index (χ3v) is 5.52. The van der Waals surface area contributed by atoms with E-state index < -0.39 is 0 Å². The fraction of sp³-hybridized carbons (Fsp3) is 0.0345. The molecule has 1 N–H and O–H groups in total. The first-order chi connectivity index (χ1) is 15.6. The fourth-order valence-electron chi connectivity index (χ4n) is 3.74. The third-order valence-electron chi connectivity index (χ3n) is 5.52. The summed E-state index contributed by atoms with van der Waals surface area (Å²) >= 11 is 0. The van der Waals surface area contributed by atoms with Gasteiger partial charge in [-0.25, -0.2) is 0 Å². The molecule has 0 spiro atoms. The molecule has 4 aromatic rings. The molecular weight excluding hydrogens is 392 g/mol. The smallest absolute Gasteiger partial charge is 0.115 e. The number of phenolic OH excluding ortho intramolecular Hbond substituents is 1. The minimum atomic E-state index is 0.261. The zero-order valence-electron chi connectivity index (χ0n) is 18.1. The van der Waals surface area contributed by atoms with Crippen LogP contribution in [0.4, 0.5) is 28.4 Å². The van der Waals surface area contributed by atoms with Crippen LogP contribution in [0.25, 0.3) is 12.2 Å². The molecule has 0 amide bonds. The van der Waals surface area contributed by atoms with Crippen LogP contribution in [0.1, 0.15) is 11.1 Å². The predicted molar refractivity (Wildman–Crippen MR) is 137 cm³/mol. The second-order valence-corrected chi connectivity index (χ2v) is 7.48. The molecule has 3 nitrogen and oxygen atoms in total. The second-order valence-electron chi connectivity index (χ2n) is 7.48. The number of benzene rings is 4. The van der Waals surface area contributed by atoms with Crippen molar-refractivity contribution in [2.45, 2.75) is 0 Å². The van der Waals surface area contributed by atoms with Gasteiger partial charge in [0.2, 0.25) is 0 Å². The van der Waals surface area contributed by atoms with Gasteiger partial charge < -0.3 is 14.9 Å². The highest BCUT2D eigenvalue weighted by Gasteiger charge is 2.14. The van der Waals surface area contributed by atoms with Gasteiger partial charge in [0.15, 0.2) is 0 Å². The molecule has 0 saturated heterocycles. The normalized spacial score (nSPS) is 10.4. The summed E-state index contributed by atoms with van der Waals surface area (Å²) in [5.74, 6) is 0.261. The van der Waals surface area contributed by atoms with Gasteiger partial charge in [0.25, 0.3) is 0 Å². The topological polar surface area (TPSA) is 26.7 Å². The standard InChI is InChI=1S/C29H26N2O/c1-4-22-11-12-28(21-23(22)5-2)31(26-9-7-6-8-10-26)27-15-13-24(14-16-27)30(3)25-17-19-29(32)20-18-25/h4-21,32H,1-2H2,3H3. The van der Waals surface area contributed by atoms with Crippen molar-refractivity contribution in [2.24, 2.45) is 0 Å². The molecule has 0 aliphatic carbocycles. The molecule has 4 rings (SSSR count). The summed E-state index contributed by atoms with van der Waals surface area (Å²) in [5, 5.41) is 9.56. The second kappa shape index (κ2) is 9.27. The van der Waals surface area contributed by atoms with E-state index >= 15 is 0 Å². The number of anilines is 5. The first-order valence-corrected chi connectivity index (χ1v) is 10.5. The number of nitrogens with zero attached hydrogens (tertiary/aromatic N) is 2. The van der Waals surface area contributed by atoms with E-state index in [4.69, 9.17) is 0 Å². The molecule has 0 atom stereocenters. The van der Waals surface area contributed by atoms with Gasteiger partial charge in [-0.05, 0) is 83.9 Å². The van der Waals surface area contributed by atoms with Crippen molar-refractivity contribution >= 4 is 40.6 Å². The molecule has 0 fully saturated rings. The first-order valence-electron chi connectivity index (χ1n) is 10.5. The zero-order valence-corrected chi connectivity index (χ0v) is 18.1. The molecule has 0 unspecified atom stereocenters. The van der Waals surface area contributed by atoms with Crippen LogP contribution in [0.3, 0.4) is 0 Å². The van der Waals surface area contributed by atoms with Gasteiger partial charge in [-0.15, -0.1) is 0 Å². The summed E-state index contributed by atoms with van der Waals surface area (Å²) in [7, 11) is 2.01. The molecule has 0 aliphatic heterocycles. The maximum atomic E-state index is 9.56. The highest BCUT2D eigenvalue weighted by atomic mass is 16.3. The summed E-state index contributed by atoms with van der Waals surface area (Å²) < 4.78 is 0. The third kappa shape index (κ3) is 4.28. The number of phenols is 1. The summed E-state index contributed by atoms with van der Waals surface area (Å²) in [5.41, 5.74) is 7.35. The van der Waals surface area contributed by atoms with Crippen LogP contribution in [0, 0.1) is 0 Å². The van der Waals surface area contributed by atoms with E-state index in [0.29, 0.717) is 0 Å². The first kappa shape index (κ1) is 21.0. The Morgan fingerprint density at radius 3 is 1.69 bits per heavy atom. The molecule has 0 saturated carbocycles. The van der Waals surface area contributed by atoms with Gasteiger partial charge in [-0.1, -0.05) is 49.6 Å². The quantitative estimate of drug-likeness (QED) is 0.330. The van der Waals surface area contributed by atoms with Gasteiger partial charge in [0.05, 0.1) is 0 Å². The minimum absolute atomic E-state index is 0.261. The highest BCUT2D eigenvalue weighted by molar-refractivity contribution is 5.80. The Morgan fingerprint density at radius 1 is 0.594 bits per heavy atom. The molecule has 3 heteroatoms. The van der Waals surface area contributed by atoms with Crippen molar-refractivity contribution in [3.63, 3.8) is 0 Å². The van der Waals surface area contributed by atoms with Crippen molar-refractivity contribution in [1.29, 1.82) is 0 Å². The summed E-state index contributed by atoms with van der Waals surface area (Å²) in [4.78, 5) is 4.31. The van der Waals surface area contributed by atoms with Crippen molar-refractivity contribution in [2.75, 3.05) is 16.8 Å². The van der Waals surface area contributed by atoms with E-state index in [2.05, 4.69) is 77.6 Å². The maximum absolute atomic E-state index is 9.56. The average Bonchev–Trinajstić information content (AvgIpc) is 2.85. The van der Waals surface area contributed by atoms with E-state index in [0.717, 1.165) is 39.6 Å². The lowest BCUT2D eigenvalue weighted by Gasteiger charge is -2.27.